The topological polar surface area (TPSA) is 179 Å². The molecule has 1 heterocycles. The van der Waals surface area contributed by atoms with Crippen molar-refractivity contribution in [3.05, 3.63) is 18.2 Å². The predicted octanol–water partition coefficient (Wildman–Crippen LogP) is -2.60. The number of nitrogens with zero attached hydrogens (tertiary/aromatic N) is 1. The van der Waals surface area contributed by atoms with Gasteiger partial charge in [0.05, 0.1) is 12.9 Å². The van der Waals surface area contributed by atoms with Crippen LogP contribution in [0.1, 0.15) is 12.6 Å². The van der Waals surface area contributed by atoms with Gasteiger partial charge < -0.3 is 31.8 Å². The SMILES string of the molecule is CC(NC(=O)C(CS)NC(=O)C(Cc1cnc[nH]1)NC(=O)CN)C(=O)O. The van der Waals surface area contributed by atoms with E-state index in [0.717, 1.165) is 0 Å². The van der Waals surface area contributed by atoms with Gasteiger partial charge in [-0.3, -0.25) is 19.2 Å². The smallest absolute Gasteiger partial charge is 0.325 e. The Labute approximate surface area is 154 Å². The second-order valence-electron chi connectivity index (χ2n) is 5.42. The summed E-state index contributed by atoms with van der Waals surface area (Å²) < 4.78 is 0. The quantitative estimate of drug-likeness (QED) is 0.215. The van der Waals surface area contributed by atoms with Gasteiger partial charge in [-0.05, 0) is 6.92 Å². The Balaban J connectivity index is 2.79. The third kappa shape index (κ3) is 6.72. The number of amides is 3. The van der Waals surface area contributed by atoms with E-state index in [1.165, 1.54) is 19.4 Å². The van der Waals surface area contributed by atoms with Gasteiger partial charge in [0.2, 0.25) is 17.7 Å². The average molecular weight is 386 g/mol. The molecule has 0 aromatic carbocycles. The van der Waals surface area contributed by atoms with Crippen LogP contribution in [0.15, 0.2) is 12.5 Å². The van der Waals surface area contributed by atoms with E-state index in [1.54, 1.807) is 0 Å². The Bertz CT molecular complexity index is 638. The second-order valence-corrected chi connectivity index (χ2v) is 5.78. The van der Waals surface area contributed by atoms with Gasteiger partial charge in [-0.2, -0.15) is 12.6 Å². The molecule has 0 aliphatic heterocycles. The lowest BCUT2D eigenvalue weighted by molar-refractivity contribution is -0.141. The summed E-state index contributed by atoms with van der Waals surface area (Å²) >= 11 is 4.00. The maximum absolute atomic E-state index is 12.5. The fourth-order valence-corrected chi connectivity index (χ4v) is 2.18. The van der Waals surface area contributed by atoms with Crippen LogP contribution < -0.4 is 21.7 Å². The Morgan fingerprint density at radius 2 is 1.88 bits per heavy atom. The molecule has 0 saturated heterocycles. The van der Waals surface area contributed by atoms with E-state index >= 15 is 0 Å². The summed E-state index contributed by atoms with van der Waals surface area (Å²) in [5.41, 5.74) is 5.85. The van der Waals surface area contributed by atoms with E-state index < -0.39 is 41.8 Å². The van der Waals surface area contributed by atoms with Gasteiger partial charge in [-0.15, -0.1) is 0 Å². The molecule has 1 aromatic heterocycles. The van der Waals surface area contributed by atoms with Crippen LogP contribution in [-0.4, -0.2) is 69.2 Å². The first-order valence-electron chi connectivity index (χ1n) is 7.69. The summed E-state index contributed by atoms with van der Waals surface area (Å²) in [5, 5.41) is 16.0. The fraction of sp³-hybridized carbons (Fsp3) is 0.500. The summed E-state index contributed by atoms with van der Waals surface area (Å²) in [7, 11) is 0. The molecule has 0 bridgehead atoms. The summed E-state index contributed by atoms with van der Waals surface area (Å²) in [5.74, 6) is -3.16. The number of rotatable bonds is 10. The van der Waals surface area contributed by atoms with Crippen molar-refractivity contribution < 1.29 is 24.3 Å². The van der Waals surface area contributed by atoms with E-state index in [2.05, 4.69) is 38.5 Å². The average Bonchev–Trinajstić information content (AvgIpc) is 3.11. The maximum atomic E-state index is 12.5. The summed E-state index contributed by atoms with van der Waals surface area (Å²) in [4.78, 5) is 53.6. The number of imidazole rings is 1. The van der Waals surface area contributed by atoms with Crippen molar-refractivity contribution in [2.75, 3.05) is 12.3 Å². The number of hydrogen-bond acceptors (Lipinski definition) is 7. The number of carbonyl (C=O) groups excluding carboxylic acids is 3. The van der Waals surface area contributed by atoms with Crippen molar-refractivity contribution in [2.24, 2.45) is 5.73 Å². The standard InChI is InChI=1S/C14H22N6O5S/c1-7(14(24)25)18-13(23)10(5-26)20-12(22)9(19-11(21)3-15)2-8-4-16-6-17-8/h4,6-7,9-10,26H,2-3,5,15H2,1H3,(H,16,17)(H,18,23)(H,19,21)(H,20,22)(H,24,25). The second kappa shape index (κ2) is 10.4. The van der Waals surface area contributed by atoms with E-state index in [9.17, 15) is 19.2 Å². The van der Waals surface area contributed by atoms with E-state index in [4.69, 9.17) is 10.8 Å². The van der Waals surface area contributed by atoms with Crippen LogP contribution in [0, 0.1) is 0 Å². The fourth-order valence-electron chi connectivity index (χ4n) is 1.92. The van der Waals surface area contributed by atoms with E-state index in [1.807, 2.05) is 0 Å². The van der Waals surface area contributed by atoms with Gasteiger partial charge in [0.15, 0.2) is 0 Å². The van der Waals surface area contributed by atoms with Gasteiger partial charge in [-0.1, -0.05) is 0 Å². The highest BCUT2D eigenvalue weighted by molar-refractivity contribution is 7.80. The number of aromatic amines is 1. The first kappa shape index (κ1) is 21.4. The first-order chi connectivity index (χ1) is 12.3. The highest BCUT2D eigenvalue weighted by Gasteiger charge is 2.27. The minimum Gasteiger partial charge on any atom is -0.480 e. The molecule has 3 unspecified atom stereocenters. The molecule has 11 nitrogen and oxygen atoms in total. The molecule has 3 amide bonds. The number of carboxylic acid groups (broad SMARTS) is 1. The minimum atomic E-state index is -1.21. The Morgan fingerprint density at radius 3 is 2.38 bits per heavy atom. The van der Waals surface area contributed by atoms with Gasteiger partial charge in [0, 0.05) is 24.1 Å². The van der Waals surface area contributed by atoms with Gasteiger partial charge in [0.25, 0.3) is 0 Å². The lowest BCUT2D eigenvalue weighted by Crippen LogP contribution is -2.57. The van der Waals surface area contributed by atoms with Gasteiger partial charge in [0.1, 0.15) is 18.1 Å². The summed E-state index contributed by atoms with van der Waals surface area (Å²) in [6.45, 7) is 0.986. The molecule has 26 heavy (non-hydrogen) atoms. The molecule has 0 spiro atoms. The van der Waals surface area contributed by atoms with Crippen molar-refractivity contribution in [2.45, 2.75) is 31.5 Å². The van der Waals surface area contributed by atoms with E-state index in [0.29, 0.717) is 5.69 Å². The molecule has 0 aliphatic carbocycles. The number of carboxylic acids is 1. The zero-order valence-corrected chi connectivity index (χ0v) is 15.0. The molecule has 144 valence electrons. The minimum absolute atomic E-state index is 0.0640. The molecular weight excluding hydrogens is 364 g/mol. The van der Waals surface area contributed by atoms with Crippen molar-refractivity contribution in [3.8, 4) is 0 Å². The van der Waals surface area contributed by atoms with Crippen molar-refractivity contribution in [1.29, 1.82) is 0 Å². The Morgan fingerprint density at radius 1 is 1.23 bits per heavy atom. The van der Waals surface area contributed by atoms with Crippen molar-refractivity contribution in [1.82, 2.24) is 25.9 Å². The summed E-state index contributed by atoms with van der Waals surface area (Å²) in [6.07, 6.45) is 3.02. The molecule has 1 rings (SSSR count). The van der Waals surface area contributed by atoms with Crippen LogP contribution in [-0.2, 0) is 25.6 Å². The zero-order chi connectivity index (χ0) is 19.7. The van der Waals surface area contributed by atoms with Crippen LogP contribution in [0.25, 0.3) is 0 Å². The molecule has 3 atom stereocenters. The van der Waals surface area contributed by atoms with Crippen LogP contribution in [0.4, 0.5) is 0 Å². The number of aromatic nitrogens is 2. The number of carbonyl (C=O) groups is 4. The monoisotopic (exact) mass is 386 g/mol. The number of thiol groups is 1. The number of H-pyrrole nitrogens is 1. The highest BCUT2D eigenvalue weighted by atomic mass is 32.1. The Kier molecular flexibility index (Phi) is 8.58. The number of aliphatic carboxylic acids is 1. The molecule has 0 aliphatic rings. The molecular formula is C14H22N6O5S. The normalized spacial score (nSPS) is 14.0. The molecule has 1 aromatic rings. The first-order valence-corrected chi connectivity index (χ1v) is 8.32. The third-order valence-corrected chi connectivity index (χ3v) is 3.73. The highest BCUT2D eigenvalue weighted by Crippen LogP contribution is 2.01. The largest absolute Gasteiger partial charge is 0.480 e. The molecule has 7 N–H and O–H groups in total. The predicted molar refractivity (Wildman–Crippen MR) is 94.3 cm³/mol. The molecule has 12 heteroatoms. The molecule has 0 fully saturated rings. The lowest BCUT2D eigenvalue weighted by Gasteiger charge is -2.22. The van der Waals surface area contributed by atoms with Crippen LogP contribution in [0.5, 0.6) is 0 Å². The zero-order valence-electron chi connectivity index (χ0n) is 14.1. The van der Waals surface area contributed by atoms with Crippen LogP contribution in [0.2, 0.25) is 0 Å². The maximum Gasteiger partial charge on any atom is 0.325 e. The molecule has 0 radical (unpaired) electrons. The van der Waals surface area contributed by atoms with Crippen molar-refractivity contribution in [3.63, 3.8) is 0 Å². The van der Waals surface area contributed by atoms with Crippen LogP contribution in [0.3, 0.4) is 0 Å². The van der Waals surface area contributed by atoms with Gasteiger partial charge >= 0.3 is 5.97 Å². The van der Waals surface area contributed by atoms with Crippen molar-refractivity contribution >= 4 is 36.3 Å². The van der Waals surface area contributed by atoms with Gasteiger partial charge in [-0.25, -0.2) is 4.98 Å². The number of nitrogens with two attached hydrogens (primary N) is 1. The lowest BCUT2D eigenvalue weighted by atomic mass is 10.1. The third-order valence-electron chi connectivity index (χ3n) is 3.36. The Hall–Kier alpha value is -2.60. The van der Waals surface area contributed by atoms with Crippen LogP contribution >= 0.6 is 12.6 Å². The number of nitrogens with one attached hydrogen (secondary N) is 4. The number of hydrogen-bond donors (Lipinski definition) is 7. The molecule has 0 saturated carbocycles. The van der Waals surface area contributed by atoms with E-state index in [-0.39, 0.29) is 18.7 Å². The summed E-state index contributed by atoms with van der Waals surface area (Å²) in [6, 6.07) is -3.20.